The maximum atomic E-state index is 12.3. The maximum Gasteiger partial charge on any atom is 0.342 e. The third-order valence-corrected chi connectivity index (χ3v) is 4.76. The Balaban J connectivity index is 0.00000441. The quantitative estimate of drug-likeness (QED) is 0.592. The Morgan fingerprint density at radius 1 is 1.41 bits per heavy atom. The molecule has 22 heavy (non-hydrogen) atoms. The average Bonchev–Trinajstić information content (AvgIpc) is 2.95. The molecule has 0 fully saturated rings. The van der Waals surface area contributed by atoms with Gasteiger partial charge in [0.2, 0.25) is 0 Å². The molecular formula is C12H23ClN4O4S. The van der Waals surface area contributed by atoms with Gasteiger partial charge < -0.3 is 10.5 Å². The predicted octanol–water partition coefficient (Wildman–Crippen LogP) is 0.804. The van der Waals surface area contributed by atoms with Crippen molar-refractivity contribution >= 4 is 28.4 Å². The SMILES string of the molecule is CCOC(=O)c1cn[nH]c1S(=O)(=O)NCC(N)(CC)CC.Cl. The molecule has 0 aliphatic rings. The third kappa shape index (κ3) is 4.94. The molecule has 0 aromatic carbocycles. The number of carbonyl (C=O) groups excluding carboxylic acids is 1. The molecule has 10 heteroatoms. The van der Waals surface area contributed by atoms with E-state index < -0.39 is 21.5 Å². The summed E-state index contributed by atoms with van der Waals surface area (Å²) in [6.07, 6.45) is 2.38. The van der Waals surface area contributed by atoms with Crippen molar-refractivity contribution in [2.75, 3.05) is 13.2 Å². The molecule has 0 spiro atoms. The number of aromatic amines is 1. The fourth-order valence-electron chi connectivity index (χ4n) is 1.64. The van der Waals surface area contributed by atoms with Crippen molar-refractivity contribution in [1.82, 2.24) is 14.9 Å². The number of hydrogen-bond acceptors (Lipinski definition) is 6. The van der Waals surface area contributed by atoms with Crippen LogP contribution in [0.3, 0.4) is 0 Å². The molecule has 0 aliphatic heterocycles. The molecule has 1 rings (SSSR count). The molecule has 0 radical (unpaired) electrons. The highest BCUT2D eigenvalue weighted by Crippen LogP contribution is 2.15. The molecule has 0 saturated heterocycles. The summed E-state index contributed by atoms with van der Waals surface area (Å²) in [5.41, 5.74) is 5.31. The molecule has 1 heterocycles. The van der Waals surface area contributed by atoms with Crippen LogP contribution in [-0.2, 0) is 14.8 Å². The van der Waals surface area contributed by atoms with E-state index in [1.165, 1.54) is 0 Å². The highest BCUT2D eigenvalue weighted by atomic mass is 35.5. The normalized spacial score (nSPS) is 11.8. The first kappa shape index (κ1) is 20.8. The molecular weight excluding hydrogens is 332 g/mol. The molecule has 0 amide bonds. The van der Waals surface area contributed by atoms with Gasteiger partial charge in [0, 0.05) is 12.1 Å². The van der Waals surface area contributed by atoms with Crippen LogP contribution in [0.2, 0.25) is 0 Å². The first-order valence-electron chi connectivity index (χ1n) is 6.78. The molecule has 1 aromatic heterocycles. The highest BCUT2D eigenvalue weighted by molar-refractivity contribution is 7.89. The molecule has 0 bridgehead atoms. The lowest BCUT2D eigenvalue weighted by atomic mass is 9.95. The number of hydrogen-bond donors (Lipinski definition) is 3. The predicted molar refractivity (Wildman–Crippen MR) is 84.5 cm³/mol. The first-order chi connectivity index (χ1) is 9.79. The van der Waals surface area contributed by atoms with E-state index in [4.69, 9.17) is 10.5 Å². The minimum atomic E-state index is -3.91. The highest BCUT2D eigenvalue weighted by Gasteiger charge is 2.29. The lowest BCUT2D eigenvalue weighted by Crippen LogP contribution is -2.49. The summed E-state index contributed by atoms with van der Waals surface area (Å²) in [4.78, 5) is 11.7. The Labute approximate surface area is 136 Å². The van der Waals surface area contributed by atoms with Crippen molar-refractivity contribution in [2.24, 2.45) is 5.73 Å². The summed E-state index contributed by atoms with van der Waals surface area (Å²) in [5, 5.41) is 5.61. The Morgan fingerprint density at radius 2 is 2.00 bits per heavy atom. The maximum absolute atomic E-state index is 12.3. The Hall–Kier alpha value is -1.16. The van der Waals surface area contributed by atoms with Crippen LogP contribution in [-0.4, -0.2) is 43.3 Å². The number of esters is 1. The van der Waals surface area contributed by atoms with Gasteiger partial charge in [0.15, 0.2) is 5.03 Å². The summed E-state index contributed by atoms with van der Waals surface area (Å²) in [6.45, 7) is 5.63. The number of nitrogens with zero attached hydrogens (tertiary/aromatic N) is 1. The van der Waals surface area contributed by atoms with Gasteiger partial charge in [-0.15, -0.1) is 12.4 Å². The third-order valence-electron chi connectivity index (χ3n) is 3.39. The standard InChI is InChI=1S/C12H22N4O4S.ClH/c1-4-12(13,5-2)8-15-21(18,19)10-9(7-14-16-10)11(17)20-6-3;/h7,15H,4-6,8,13H2,1-3H3,(H,14,16);1H. The van der Waals surface area contributed by atoms with Crippen LogP contribution in [0.25, 0.3) is 0 Å². The van der Waals surface area contributed by atoms with E-state index in [9.17, 15) is 13.2 Å². The number of ether oxygens (including phenoxy) is 1. The van der Waals surface area contributed by atoms with Gasteiger partial charge in [-0.3, -0.25) is 5.10 Å². The van der Waals surface area contributed by atoms with Gasteiger partial charge in [0.25, 0.3) is 10.0 Å². The van der Waals surface area contributed by atoms with Gasteiger partial charge in [-0.25, -0.2) is 17.9 Å². The van der Waals surface area contributed by atoms with Gasteiger partial charge in [-0.1, -0.05) is 13.8 Å². The molecule has 8 nitrogen and oxygen atoms in total. The van der Waals surface area contributed by atoms with E-state index in [2.05, 4.69) is 14.9 Å². The number of nitrogens with one attached hydrogen (secondary N) is 2. The number of halogens is 1. The van der Waals surface area contributed by atoms with E-state index in [0.29, 0.717) is 12.8 Å². The van der Waals surface area contributed by atoms with Crippen LogP contribution in [0.1, 0.15) is 44.0 Å². The number of aromatic nitrogens is 2. The van der Waals surface area contributed by atoms with E-state index in [1.54, 1.807) is 6.92 Å². The van der Waals surface area contributed by atoms with Gasteiger partial charge in [-0.2, -0.15) is 5.10 Å². The lowest BCUT2D eigenvalue weighted by Gasteiger charge is -2.26. The molecule has 128 valence electrons. The minimum Gasteiger partial charge on any atom is -0.462 e. The van der Waals surface area contributed by atoms with Crippen molar-refractivity contribution in [3.05, 3.63) is 11.8 Å². The second-order valence-corrected chi connectivity index (χ2v) is 6.43. The van der Waals surface area contributed by atoms with Crippen molar-refractivity contribution in [3.8, 4) is 0 Å². The van der Waals surface area contributed by atoms with Crippen molar-refractivity contribution in [2.45, 2.75) is 44.2 Å². The van der Waals surface area contributed by atoms with Gasteiger partial charge >= 0.3 is 5.97 Å². The molecule has 0 unspecified atom stereocenters. The Morgan fingerprint density at radius 3 is 2.50 bits per heavy atom. The summed E-state index contributed by atoms with van der Waals surface area (Å²) in [5.74, 6) is -0.739. The van der Waals surface area contributed by atoms with Crippen LogP contribution in [0, 0.1) is 0 Å². The first-order valence-corrected chi connectivity index (χ1v) is 8.27. The number of H-pyrrole nitrogens is 1. The number of carbonyl (C=O) groups is 1. The van der Waals surface area contributed by atoms with E-state index >= 15 is 0 Å². The van der Waals surface area contributed by atoms with Crippen molar-refractivity contribution in [3.63, 3.8) is 0 Å². The molecule has 4 N–H and O–H groups in total. The van der Waals surface area contributed by atoms with Gasteiger partial charge in [0.1, 0.15) is 5.56 Å². The monoisotopic (exact) mass is 354 g/mol. The Kier molecular flexibility index (Phi) is 8.02. The van der Waals surface area contributed by atoms with Crippen molar-refractivity contribution < 1.29 is 17.9 Å². The summed E-state index contributed by atoms with van der Waals surface area (Å²) in [7, 11) is -3.91. The van der Waals surface area contributed by atoms with E-state index in [-0.39, 0.29) is 36.1 Å². The molecule has 0 aliphatic carbocycles. The van der Waals surface area contributed by atoms with E-state index in [1.807, 2.05) is 13.8 Å². The van der Waals surface area contributed by atoms with Crippen molar-refractivity contribution in [1.29, 1.82) is 0 Å². The van der Waals surface area contributed by atoms with E-state index in [0.717, 1.165) is 6.20 Å². The second-order valence-electron chi connectivity index (χ2n) is 4.73. The zero-order valence-electron chi connectivity index (χ0n) is 12.9. The molecule has 0 saturated carbocycles. The summed E-state index contributed by atoms with van der Waals surface area (Å²) >= 11 is 0. The molecule has 1 aromatic rings. The average molecular weight is 355 g/mol. The number of sulfonamides is 1. The lowest BCUT2D eigenvalue weighted by molar-refractivity contribution is 0.0522. The van der Waals surface area contributed by atoms with Gasteiger partial charge in [-0.05, 0) is 19.8 Å². The zero-order chi connectivity index (χ0) is 16.1. The number of rotatable bonds is 8. The largest absolute Gasteiger partial charge is 0.462 e. The van der Waals surface area contributed by atoms with Crippen LogP contribution >= 0.6 is 12.4 Å². The van der Waals surface area contributed by atoms with Crippen LogP contribution in [0.5, 0.6) is 0 Å². The van der Waals surface area contributed by atoms with Crippen LogP contribution in [0.15, 0.2) is 11.2 Å². The fraction of sp³-hybridized carbons (Fsp3) is 0.667. The second kappa shape index (κ2) is 8.47. The zero-order valence-corrected chi connectivity index (χ0v) is 14.5. The van der Waals surface area contributed by atoms with Gasteiger partial charge in [0.05, 0.1) is 12.8 Å². The number of nitrogens with two attached hydrogens (primary N) is 1. The summed E-state index contributed by atoms with van der Waals surface area (Å²) in [6, 6.07) is 0. The molecule has 0 atom stereocenters. The summed E-state index contributed by atoms with van der Waals surface area (Å²) < 4.78 is 31.7. The van der Waals surface area contributed by atoms with Crippen LogP contribution in [0.4, 0.5) is 0 Å². The fourth-order valence-corrected chi connectivity index (χ4v) is 2.86. The van der Waals surface area contributed by atoms with Crippen LogP contribution < -0.4 is 10.5 Å². The Bertz CT molecular complexity index is 584. The topological polar surface area (TPSA) is 127 Å². The minimum absolute atomic E-state index is 0. The smallest absolute Gasteiger partial charge is 0.342 e.